The Balaban J connectivity index is 1.98. The van der Waals surface area contributed by atoms with Crippen molar-refractivity contribution in [3.8, 4) is 0 Å². The Morgan fingerprint density at radius 1 is 1.37 bits per heavy atom. The summed E-state index contributed by atoms with van der Waals surface area (Å²) in [4.78, 5) is 24.7. The Kier molecular flexibility index (Phi) is 4.20. The predicted molar refractivity (Wildman–Crippen MR) is 73.6 cm³/mol. The van der Waals surface area contributed by atoms with Crippen molar-refractivity contribution in [2.75, 3.05) is 25.1 Å². The van der Waals surface area contributed by atoms with Crippen molar-refractivity contribution in [3.05, 3.63) is 29.3 Å². The number of fused-ring (bicyclic) bond motifs is 1. The van der Waals surface area contributed by atoms with Crippen LogP contribution in [0.15, 0.2) is 18.2 Å². The molecule has 1 aromatic carbocycles. The third kappa shape index (κ3) is 3.13. The number of esters is 1. The molecule has 1 aromatic rings. The van der Waals surface area contributed by atoms with Crippen molar-refractivity contribution in [3.63, 3.8) is 0 Å². The maximum absolute atomic E-state index is 11.3. The van der Waals surface area contributed by atoms with Crippen LogP contribution in [0.1, 0.15) is 35.7 Å². The molecule has 0 spiro atoms. The third-order valence-corrected chi connectivity index (χ3v) is 3.51. The van der Waals surface area contributed by atoms with Crippen molar-refractivity contribution in [1.29, 1.82) is 0 Å². The van der Waals surface area contributed by atoms with E-state index in [0.29, 0.717) is 6.42 Å². The van der Waals surface area contributed by atoms with Gasteiger partial charge in [0.2, 0.25) is 0 Å². The minimum Gasteiger partial charge on any atom is -0.469 e. The second-order valence-corrected chi connectivity index (χ2v) is 4.82. The Morgan fingerprint density at radius 2 is 2.16 bits per heavy atom. The lowest BCUT2D eigenvalue weighted by atomic mass is 10.1. The molecule has 0 radical (unpaired) electrons. The van der Waals surface area contributed by atoms with Gasteiger partial charge in [-0.1, -0.05) is 0 Å². The minimum absolute atomic E-state index is 0.104. The number of carbonyl (C=O) groups excluding carboxylic acids is 2. The van der Waals surface area contributed by atoms with Gasteiger partial charge < -0.3 is 9.64 Å². The van der Waals surface area contributed by atoms with E-state index < -0.39 is 0 Å². The van der Waals surface area contributed by atoms with Crippen LogP contribution in [-0.4, -0.2) is 32.0 Å². The topological polar surface area (TPSA) is 46.6 Å². The SMILES string of the molecule is COC(=O)CCCN1CCc2cc(C(C)=O)ccc21. The molecule has 0 atom stereocenters. The molecule has 4 nitrogen and oxygen atoms in total. The normalized spacial score (nSPS) is 13.3. The molecule has 4 heteroatoms. The maximum Gasteiger partial charge on any atom is 0.305 e. The zero-order valence-corrected chi connectivity index (χ0v) is 11.4. The average molecular weight is 261 g/mol. The van der Waals surface area contributed by atoms with E-state index in [1.165, 1.54) is 18.4 Å². The Hall–Kier alpha value is -1.84. The Bertz CT molecular complexity index is 496. The highest BCUT2D eigenvalue weighted by molar-refractivity contribution is 5.94. The number of ketones is 1. The smallest absolute Gasteiger partial charge is 0.305 e. The average Bonchev–Trinajstić information content (AvgIpc) is 2.81. The zero-order valence-electron chi connectivity index (χ0n) is 11.4. The summed E-state index contributed by atoms with van der Waals surface area (Å²) in [6, 6.07) is 5.87. The standard InChI is InChI=1S/C15H19NO3/c1-11(17)12-5-6-14-13(10-12)7-9-16(14)8-3-4-15(18)19-2/h5-6,10H,3-4,7-9H2,1-2H3. The molecule has 0 amide bonds. The molecule has 0 saturated heterocycles. The first-order valence-corrected chi connectivity index (χ1v) is 6.57. The van der Waals surface area contributed by atoms with Crippen molar-refractivity contribution < 1.29 is 14.3 Å². The minimum atomic E-state index is -0.161. The highest BCUT2D eigenvalue weighted by Crippen LogP contribution is 2.29. The number of hydrogen-bond donors (Lipinski definition) is 0. The van der Waals surface area contributed by atoms with E-state index in [-0.39, 0.29) is 11.8 Å². The molecule has 19 heavy (non-hydrogen) atoms. The fourth-order valence-corrected chi connectivity index (χ4v) is 2.44. The lowest BCUT2D eigenvalue weighted by Crippen LogP contribution is -2.22. The number of nitrogens with zero attached hydrogens (tertiary/aromatic N) is 1. The van der Waals surface area contributed by atoms with Crippen molar-refractivity contribution in [1.82, 2.24) is 0 Å². The second-order valence-electron chi connectivity index (χ2n) is 4.82. The Labute approximate surface area is 113 Å². The first-order valence-electron chi connectivity index (χ1n) is 6.57. The largest absolute Gasteiger partial charge is 0.469 e. The number of hydrogen-bond acceptors (Lipinski definition) is 4. The molecule has 1 heterocycles. The number of anilines is 1. The summed E-state index contributed by atoms with van der Waals surface area (Å²) in [5.74, 6) is -0.0571. The van der Waals surface area contributed by atoms with Gasteiger partial charge in [0.1, 0.15) is 0 Å². The number of Topliss-reactive ketones (excluding diaryl/α,β-unsaturated/α-hetero) is 1. The summed E-state index contributed by atoms with van der Waals surface area (Å²) in [6.07, 6.45) is 2.21. The summed E-state index contributed by atoms with van der Waals surface area (Å²) in [7, 11) is 1.41. The molecular weight excluding hydrogens is 242 g/mol. The number of benzene rings is 1. The number of methoxy groups -OCH3 is 1. The molecule has 1 aliphatic heterocycles. The van der Waals surface area contributed by atoms with Crippen LogP contribution in [0.4, 0.5) is 5.69 Å². The molecule has 0 N–H and O–H groups in total. The first-order chi connectivity index (χ1) is 9.11. The number of ether oxygens (including phenoxy) is 1. The molecule has 102 valence electrons. The third-order valence-electron chi connectivity index (χ3n) is 3.51. The first kappa shape index (κ1) is 13.6. The van der Waals surface area contributed by atoms with Gasteiger partial charge in [-0.3, -0.25) is 9.59 Å². The summed E-state index contributed by atoms with van der Waals surface area (Å²) < 4.78 is 4.63. The monoisotopic (exact) mass is 261 g/mol. The predicted octanol–water partition coefficient (Wildman–Crippen LogP) is 2.20. The van der Waals surface area contributed by atoms with E-state index in [0.717, 1.165) is 31.5 Å². The van der Waals surface area contributed by atoms with Crippen LogP contribution < -0.4 is 4.90 Å². The van der Waals surface area contributed by atoms with Crippen LogP contribution in [0.5, 0.6) is 0 Å². The molecule has 1 aliphatic rings. The van der Waals surface area contributed by atoms with Gasteiger partial charge in [0.05, 0.1) is 7.11 Å². The van der Waals surface area contributed by atoms with E-state index in [2.05, 4.69) is 9.64 Å². The lowest BCUT2D eigenvalue weighted by molar-refractivity contribution is -0.140. The van der Waals surface area contributed by atoms with Crippen LogP contribution in [0, 0.1) is 0 Å². The molecule has 0 fully saturated rings. The van der Waals surface area contributed by atoms with Gasteiger partial charge in [0.25, 0.3) is 0 Å². The molecular formula is C15H19NO3. The maximum atomic E-state index is 11.3. The van der Waals surface area contributed by atoms with Gasteiger partial charge >= 0.3 is 5.97 Å². The summed E-state index contributed by atoms with van der Waals surface area (Å²) in [5, 5.41) is 0. The van der Waals surface area contributed by atoms with Gasteiger partial charge in [-0.2, -0.15) is 0 Å². The van der Waals surface area contributed by atoms with Gasteiger partial charge in [0, 0.05) is 30.8 Å². The van der Waals surface area contributed by atoms with E-state index in [1.807, 2.05) is 18.2 Å². The van der Waals surface area contributed by atoms with E-state index in [9.17, 15) is 9.59 Å². The van der Waals surface area contributed by atoms with Gasteiger partial charge in [0.15, 0.2) is 5.78 Å². The van der Waals surface area contributed by atoms with Gasteiger partial charge in [-0.15, -0.1) is 0 Å². The van der Waals surface area contributed by atoms with Crippen molar-refractivity contribution >= 4 is 17.4 Å². The fourth-order valence-electron chi connectivity index (χ4n) is 2.44. The van der Waals surface area contributed by atoms with Crippen molar-refractivity contribution in [2.45, 2.75) is 26.2 Å². The summed E-state index contributed by atoms with van der Waals surface area (Å²) in [6.45, 7) is 3.39. The van der Waals surface area contributed by atoms with Gasteiger partial charge in [-0.05, 0) is 43.5 Å². The van der Waals surface area contributed by atoms with E-state index >= 15 is 0 Å². The van der Waals surface area contributed by atoms with Crippen molar-refractivity contribution in [2.24, 2.45) is 0 Å². The molecule has 0 unspecified atom stereocenters. The molecule has 0 saturated carbocycles. The van der Waals surface area contributed by atoms with Crippen LogP contribution >= 0.6 is 0 Å². The zero-order chi connectivity index (χ0) is 13.8. The van der Waals surface area contributed by atoms with Crippen LogP contribution in [0.2, 0.25) is 0 Å². The van der Waals surface area contributed by atoms with Crippen LogP contribution in [-0.2, 0) is 16.0 Å². The quantitative estimate of drug-likeness (QED) is 0.602. The molecule has 0 aliphatic carbocycles. The summed E-state index contributed by atoms with van der Waals surface area (Å²) in [5.41, 5.74) is 3.19. The molecule has 2 rings (SSSR count). The highest BCUT2D eigenvalue weighted by atomic mass is 16.5. The molecule has 0 bridgehead atoms. The van der Waals surface area contributed by atoms with Gasteiger partial charge in [-0.25, -0.2) is 0 Å². The van der Waals surface area contributed by atoms with E-state index in [4.69, 9.17) is 0 Å². The van der Waals surface area contributed by atoms with E-state index in [1.54, 1.807) is 6.92 Å². The number of carbonyl (C=O) groups is 2. The van der Waals surface area contributed by atoms with Crippen LogP contribution in [0.3, 0.4) is 0 Å². The summed E-state index contributed by atoms with van der Waals surface area (Å²) >= 11 is 0. The molecule has 0 aromatic heterocycles. The second kappa shape index (κ2) is 5.87. The van der Waals surface area contributed by atoms with Crippen LogP contribution in [0.25, 0.3) is 0 Å². The number of rotatable bonds is 5. The highest BCUT2D eigenvalue weighted by Gasteiger charge is 2.19. The Morgan fingerprint density at radius 3 is 2.84 bits per heavy atom. The fraction of sp³-hybridized carbons (Fsp3) is 0.467. The lowest BCUT2D eigenvalue weighted by Gasteiger charge is -2.19.